The van der Waals surface area contributed by atoms with E-state index in [-0.39, 0.29) is 41.5 Å². The van der Waals surface area contributed by atoms with Crippen LogP contribution in [0, 0.1) is 11.3 Å². The summed E-state index contributed by atoms with van der Waals surface area (Å²) in [6.45, 7) is 2.76. The molecule has 5 rings (SSSR count). The molecule has 0 aliphatic carbocycles. The van der Waals surface area contributed by atoms with Crippen LogP contribution in [0.4, 0.5) is 5.82 Å². The fraction of sp³-hybridized carbons (Fsp3) is 0.346. The van der Waals surface area contributed by atoms with Crippen molar-refractivity contribution in [3.63, 3.8) is 0 Å². The van der Waals surface area contributed by atoms with E-state index in [4.69, 9.17) is 4.74 Å². The third-order valence-corrected chi connectivity index (χ3v) is 6.88. The molecule has 1 N–H and O–H groups in total. The van der Waals surface area contributed by atoms with Crippen molar-refractivity contribution in [3.8, 4) is 11.8 Å². The Bertz CT molecular complexity index is 1430. The molecular formula is C26H26N6O4. The van der Waals surface area contributed by atoms with Gasteiger partial charge < -0.3 is 24.4 Å². The van der Waals surface area contributed by atoms with Crippen LogP contribution in [0.25, 0.3) is 10.9 Å². The number of nitrogens with one attached hydrogen (secondary N) is 1. The van der Waals surface area contributed by atoms with Crippen molar-refractivity contribution in [1.82, 2.24) is 19.4 Å². The largest absolute Gasteiger partial charge is 0.480 e. The van der Waals surface area contributed by atoms with Gasteiger partial charge in [0.05, 0.1) is 17.1 Å². The predicted octanol–water partition coefficient (Wildman–Crippen LogP) is 1.84. The van der Waals surface area contributed by atoms with Gasteiger partial charge in [-0.25, -0.2) is 4.98 Å². The maximum absolute atomic E-state index is 13.1. The van der Waals surface area contributed by atoms with Crippen LogP contribution in [0.3, 0.4) is 0 Å². The number of carbonyl (C=O) groups excluding carboxylic acids is 2. The number of aromatic nitrogens is 2. The van der Waals surface area contributed by atoms with Crippen LogP contribution in [0.2, 0.25) is 0 Å². The summed E-state index contributed by atoms with van der Waals surface area (Å²) < 4.78 is 7.04. The van der Waals surface area contributed by atoms with Gasteiger partial charge in [0.1, 0.15) is 5.69 Å². The number of benzene rings is 1. The summed E-state index contributed by atoms with van der Waals surface area (Å²) in [4.78, 5) is 45.5. The van der Waals surface area contributed by atoms with Crippen molar-refractivity contribution in [2.75, 3.05) is 38.6 Å². The zero-order valence-corrected chi connectivity index (χ0v) is 19.9. The highest BCUT2D eigenvalue weighted by Crippen LogP contribution is 2.26. The number of anilines is 1. The molecule has 0 saturated carbocycles. The Kier molecular flexibility index (Phi) is 6.40. The number of carbonyl (C=O) groups is 2. The number of pyridine rings is 2. The number of likely N-dealkylation sites (tertiary alicyclic amines) is 1. The minimum Gasteiger partial charge on any atom is -0.480 e. The van der Waals surface area contributed by atoms with Crippen LogP contribution in [0.15, 0.2) is 47.3 Å². The summed E-state index contributed by atoms with van der Waals surface area (Å²) >= 11 is 0. The smallest absolute Gasteiger partial charge is 0.272 e. The molecule has 0 atom stereocenters. The number of amides is 2. The number of nitrogens with zero attached hydrogens (tertiary/aromatic N) is 5. The summed E-state index contributed by atoms with van der Waals surface area (Å²) in [5, 5.41) is 12.8. The Labute approximate surface area is 207 Å². The zero-order valence-electron chi connectivity index (χ0n) is 19.9. The van der Waals surface area contributed by atoms with Crippen molar-refractivity contribution in [2.45, 2.75) is 25.4 Å². The van der Waals surface area contributed by atoms with Crippen LogP contribution >= 0.6 is 0 Å². The van der Waals surface area contributed by atoms with E-state index >= 15 is 0 Å². The van der Waals surface area contributed by atoms with E-state index in [9.17, 15) is 19.6 Å². The van der Waals surface area contributed by atoms with E-state index in [1.54, 1.807) is 52.9 Å². The molecule has 10 heteroatoms. The summed E-state index contributed by atoms with van der Waals surface area (Å²) in [6, 6.07) is 14.2. The van der Waals surface area contributed by atoms with Crippen LogP contribution < -0.4 is 15.6 Å². The van der Waals surface area contributed by atoms with E-state index < -0.39 is 0 Å². The third-order valence-electron chi connectivity index (χ3n) is 6.88. The molecule has 2 aliphatic rings. The van der Waals surface area contributed by atoms with Crippen molar-refractivity contribution in [2.24, 2.45) is 0 Å². The van der Waals surface area contributed by atoms with Crippen molar-refractivity contribution < 1.29 is 14.3 Å². The normalized spacial score (nSPS) is 16.1. The van der Waals surface area contributed by atoms with Gasteiger partial charge in [0.15, 0.2) is 18.2 Å². The maximum atomic E-state index is 13.1. The molecule has 3 aromatic rings. The highest BCUT2D eigenvalue weighted by atomic mass is 16.5. The second kappa shape index (κ2) is 9.79. The molecule has 0 unspecified atom stereocenters. The SMILES string of the molecule is CN(C(=O)c1ccc2c(n1)NC(=O)CO2)C1CCN(CCn2c(=O)ccc3ccc(C#N)cc32)CC1. The van der Waals surface area contributed by atoms with Crippen LogP contribution in [0.5, 0.6) is 5.75 Å². The number of nitriles is 1. The fourth-order valence-electron chi connectivity index (χ4n) is 4.79. The molecule has 0 radical (unpaired) electrons. The van der Waals surface area contributed by atoms with E-state index in [1.807, 2.05) is 6.07 Å². The molecule has 1 saturated heterocycles. The first-order valence-electron chi connectivity index (χ1n) is 11.9. The first-order chi connectivity index (χ1) is 17.4. The lowest BCUT2D eigenvalue weighted by molar-refractivity contribution is -0.118. The average molecular weight is 487 g/mol. The molecular weight excluding hydrogens is 460 g/mol. The molecule has 4 heterocycles. The minimum atomic E-state index is -0.295. The Morgan fingerprint density at radius 3 is 2.72 bits per heavy atom. The van der Waals surface area contributed by atoms with Gasteiger partial charge in [-0.05, 0) is 48.6 Å². The summed E-state index contributed by atoms with van der Waals surface area (Å²) in [6.07, 6.45) is 1.60. The molecule has 2 aliphatic heterocycles. The zero-order chi connectivity index (χ0) is 25.2. The molecule has 0 bridgehead atoms. The lowest BCUT2D eigenvalue weighted by Crippen LogP contribution is -2.46. The average Bonchev–Trinajstić information content (AvgIpc) is 2.91. The molecule has 10 nitrogen and oxygen atoms in total. The maximum Gasteiger partial charge on any atom is 0.272 e. The van der Waals surface area contributed by atoms with Crippen LogP contribution in [-0.4, -0.2) is 70.5 Å². The molecule has 1 fully saturated rings. The molecule has 1 aromatic carbocycles. The summed E-state index contributed by atoms with van der Waals surface area (Å²) in [5.41, 5.74) is 1.47. The number of hydrogen-bond acceptors (Lipinski definition) is 7. The standard InChI is InChI=1S/C26H26N6O4/c1-30(26(35)20-5-6-22-25(28-20)29-23(33)16-36-22)19-8-10-31(11-9-19)12-13-32-21-14-17(15-27)2-3-18(21)4-7-24(32)34/h2-7,14,19H,8-13,16H2,1H3,(H,28,29,33). The van der Waals surface area contributed by atoms with E-state index in [2.05, 4.69) is 21.3 Å². The van der Waals surface area contributed by atoms with Gasteiger partial charge in [-0.2, -0.15) is 5.26 Å². The van der Waals surface area contributed by atoms with Crippen LogP contribution in [0.1, 0.15) is 28.9 Å². The van der Waals surface area contributed by atoms with Crippen molar-refractivity contribution in [1.29, 1.82) is 5.26 Å². The molecule has 184 valence electrons. The monoisotopic (exact) mass is 486 g/mol. The Morgan fingerprint density at radius 1 is 1.17 bits per heavy atom. The van der Waals surface area contributed by atoms with Gasteiger partial charge in [0.25, 0.3) is 17.4 Å². The Hall–Kier alpha value is -4.23. The second-order valence-corrected chi connectivity index (χ2v) is 9.08. The van der Waals surface area contributed by atoms with Gasteiger partial charge in [0, 0.05) is 45.3 Å². The Morgan fingerprint density at radius 2 is 1.94 bits per heavy atom. The number of rotatable bonds is 5. The number of ether oxygens (including phenoxy) is 1. The quantitative estimate of drug-likeness (QED) is 0.584. The number of hydrogen-bond donors (Lipinski definition) is 1. The molecule has 2 amide bonds. The first-order valence-corrected chi connectivity index (χ1v) is 11.9. The first kappa shape index (κ1) is 23.5. The third kappa shape index (κ3) is 4.65. The molecule has 0 spiro atoms. The minimum absolute atomic E-state index is 0.0590. The number of piperidine rings is 1. The van der Waals surface area contributed by atoms with E-state index in [0.717, 1.165) is 36.8 Å². The summed E-state index contributed by atoms with van der Waals surface area (Å²) in [7, 11) is 1.78. The highest BCUT2D eigenvalue weighted by Gasteiger charge is 2.28. The van der Waals surface area contributed by atoms with Crippen molar-refractivity contribution in [3.05, 3.63) is 64.1 Å². The number of fused-ring (bicyclic) bond motifs is 2. The van der Waals surface area contributed by atoms with E-state index in [0.29, 0.717) is 24.4 Å². The topological polar surface area (TPSA) is 121 Å². The molecule has 36 heavy (non-hydrogen) atoms. The lowest BCUT2D eigenvalue weighted by atomic mass is 10.0. The van der Waals surface area contributed by atoms with E-state index in [1.165, 1.54) is 0 Å². The van der Waals surface area contributed by atoms with Crippen molar-refractivity contribution >= 4 is 28.5 Å². The van der Waals surface area contributed by atoms with Gasteiger partial charge in [-0.15, -0.1) is 0 Å². The summed E-state index contributed by atoms with van der Waals surface area (Å²) in [5.74, 6) is 0.227. The van der Waals surface area contributed by atoms with Gasteiger partial charge in [-0.3, -0.25) is 14.4 Å². The molecule has 2 aromatic heterocycles. The second-order valence-electron chi connectivity index (χ2n) is 9.08. The van der Waals surface area contributed by atoms with Crippen LogP contribution in [-0.2, 0) is 11.3 Å². The highest BCUT2D eigenvalue weighted by molar-refractivity contribution is 5.97. The van der Waals surface area contributed by atoms with Gasteiger partial charge in [0.2, 0.25) is 0 Å². The van der Waals surface area contributed by atoms with Gasteiger partial charge in [-0.1, -0.05) is 6.07 Å². The Balaban J connectivity index is 1.20. The lowest BCUT2D eigenvalue weighted by Gasteiger charge is -2.36. The fourth-order valence-corrected chi connectivity index (χ4v) is 4.79. The van der Waals surface area contributed by atoms with Gasteiger partial charge >= 0.3 is 0 Å². The predicted molar refractivity (Wildman–Crippen MR) is 133 cm³/mol.